The Morgan fingerprint density at radius 3 is 2.72 bits per heavy atom. The Kier molecular flexibility index (Phi) is 3.37. The highest BCUT2D eigenvalue weighted by atomic mass is 16.5. The minimum atomic E-state index is -0.288. The molecule has 0 spiro atoms. The molecule has 0 aromatic carbocycles. The van der Waals surface area contributed by atoms with Crippen LogP contribution in [0.25, 0.3) is 0 Å². The Morgan fingerprint density at radius 2 is 2.00 bits per heavy atom. The third kappa shape index (κ3) is 2.30. The van der Waals surface area contributed by atoms with Crippen LogP contribution in [0, 0.1) is 5.92 Å². The predicted molar refractivity (Wildman–Crippen MR) is 67.3 cm³/mol. The van der Waals surface area contributed by atoms with Crippen LogP contribution in [0.1, 0.15) is 75.4 Å². The first kappa shape index (κ1) is 12.2. The summed E-state index contributed by atoms with van der Waals surface area (Å²) in [4.78, 5) is 4.56. The normalized spacial score (nSPS) is 37.0. The topological polar surface area (TPSA) is 59.2 Å². The first-order valence-corrected chi connectivity index (χ1v) is 7.25. The van der Waals surface area contributed by atoms with Crippen molar-refractivity contribution in [2.24, 2.45) is 5.92 Å². The van der Waals surface area contributed by atoms with Crippen LogP contribution in [0.5, 0.6) is 0 Å². The summed E-state index contributed by atoms with van der Waals surface area (Å²) in [7, 11) is 0. The predicted octanol–water partition coefficient (Wildman–Crippen LogP) is 2.99. The maximum Gasteiger partial charge on any atom is 0.232 e. The van der Waals surface area contributed by atoms with Crippen LogP contribution < -0.4 is 0 Å². The molecule has 0 amide bonds. The lowest BCUT2D eigenvalue weighted by molar-refractivity contribution is 0.148. The van der Waals surface area contributed by atoms with Gasteiger partial charge < -0.3 is 9.63 Å². The van der Waals surface area contributed by atoms with Crippen LogP contribution >= 0.6 is 0 Å². The summed E-state index contributed by atoms with van der Waals surface area (Å²) >= 11 is 0. The number of nitrogens with zero attached hydrogens (tertiary/aromatic N) is 2. The molecule has 0 radical (unpaired) electrons. The SMILES string of the molecule is CC1CCCC(c2noc(C3CCCC3O)n2)C1. The molecule has 4 nitrogen and oxygen atoms in total. The third-order valence-corrected chi connectivity index (χ3v) is 4.56. The van der Waals surface area contributed by atoms with E-state index in [-0.39, 0.29) is 12.0 Å². The molecule has 1 heterocycles. The van der Waals surface area contributed by atoms with Gasteiger partial charge >= 0.3 is 0 Å². The van der Waals surface area contributed by atoms with Gasteiger partial charge in [-0.15, -0.1) is 0 Å². The van der Waals surface area contributed by atoms with Gasteiger partial charge in [0.1, 0.15) is 0 Å². The van der Waals surface area contributed by atoms with Crippen molar-refractivity contribution >= 4 is 0 Å². The summed E-state index contributed by atoms with van der Waals surface area (Å²) in [5.74, 6) is 2.84. The van der Waals surface area contributed by atoms with Gasteiger partial charge in [-0.2, -0.15) is 4.98 Å². The molecule has 1 aromatic rings. The van der Waals surface area contributed by atoms with Crippen molar-refractivity contribution in [3.8, 4) is 0 Å². The highest BCUT2D eigenvalue weighted by Crippen LogP contribution is 2.37. The summed E-state index contributed by atoms with van der Waals surface area (Å²) in [6.45, 7) is 2.30. The Morgan fingerprint density at radius 1 is 1.17 bits per heavy atom. The number of aromatic nitrogens is 2. The average Bonchev–Trinajstić information content (AvgIpc) is 2.97. The molecule has 0 aliphatic heterocycles. The van der Waals surface area contributed by atoms with Crippen LogP contribution in [0.4, 0.5) is 0 Å². The molecule has 18 heavy (non-hydrogen) atoms. The Balaban J connectivity index is 1.72. The minimum absolute atomic E-state index is 0.0762. The van der Waals surface area contributed by atoms with Gasteiger partial charge in [-0.05, 0) is 38.0 Å². The van der Waals surface area contributed by atoms with Crippen molar-refractivity contribution < 1.29 is 9.63 Å². The zero-order valence-corrected chi connectivity index (χ0v) is 11.0. The Labute approximate surface area is 108 Å². The van der Waals surface area contributed by atoms with E-state index >= 15 is 0 Å². The number of aliphatic hydroxyl groups is 1. The van der Waals surface area contributed by atoms with Crippen molar-refractivity contribution in [2.45, 2.75) is 69.8 Å². The van der Waals surface area contributed by atoms with Crippen LogP contribution in [0.2, 0.25) is 0 Å². The van der Waals surface area contributed by atoms with Crippen molar-refractivity contribution in [1.29, 1.82) is 0 Å². The average molecular weight is 250 g/mol. The monoisotopic (exact) mass is 250 g/mol. The fourth-order valence-corrected chi connectivity index (χ4v) is 3.46. The zero-order chi connectivity index (χ0) is 12.5. The van der Waals surface area contributed by atoms with E-state index in [9.17, 15) is 5.11 Å². The number of aliphatic hydroxyl groups excluding tert-OH is 1. The summed E-state index contributed by atoms with van der Waals surface area (Å²) in [5, 5.41) is 14.0. The highest BCUT2D eigenvalue weighted by molar-refractivity contribution is 5.04. The maximum absolute atomic E-state index is 9.88. The van der Waals surface area contributed by atoms with E-state index in [1.807, 2.05) is 0 Å². The van der Waals surface area contributed by atoms with Gasteiger partial charge in [0, 0.05) is 5.92 Å². The zero-order valence-electron chi connectivity index (χ0n) is 11.0. The molecule has 0 saturated heterocycles. The fourth-order valence-electron chi connectivity index (χ4n) is 3.46. The number of hydrogen-bond donors (Lipinski definition) is 1. The Bertz CT molecular complexity index is 404. The molecular weight excluding hydrogens is 228 g/mol. The van der Waals surface area contributed by atoms with Gasteiger partial charge in [-0.3, -0.25) is 0 Å². The van der Waals surface area contributed by atoms with E-state index in [0.717, 1.165) is 31.0 Å². The number of rotatable bonds is 2. The second kappa shape index (κ2) is 5.00. The summed E-state index contributed by atoms with van der Waals surface area (Å²) in [6, 6.07) is 0. The van der Waals surface area contributed by atoms with Crippen molar-refractivity contribution in [3.05, 3.63) is 11.7 Å². The van der Waals surface area contributed by atoms with Crippen LogP contribution in [0.3, 0.4) is 0 Å². The Hall–Kier alpha value is -0.900. The second-order valence-corrected chi connectivity index (χ2v) is 6.06. The largest absolute Gasteiger partial charge is 0.392 e. The van der Waals surface area contributed by atoms with Gasteiger partial charge in [0.25, 0.3) is 0 Å². The van der Waals surface area contributed by atoms with E-state index in [1.54, 1.807) is 0 Å². The molecule has 4 unspecified atom stereocenters. The molecular formula is C14H22N2O2. The lowest BCUT2D eigenvalue weighted by Gasteiger charge is -2.23. The standard InChI is InChI=1S/C14H22N2O2/c1-9-4-2-5-10(8-9)13-15-14(18-16-13)11-6-3-7-12(11)17/h9-12,17H,2-8H2,1H3. The lowest BCUT2D eigenvalue weighted by atomic mass is 9.82. The minimum Gasteiger partial charge on any atom is -0.392 e. The second-order valence-electron chi connectivity index (χ2n) is 6.06. The lowest BCUT2D eigenvalue weighted by Crippen LogP contribution is -2.14. The maximum atomic E-state index is 9.88. The molecule has 2 fully saturated rings. The molecule has 4 atom stereocenters. The summed E-state index contributed by atoms with van der Waals surface area (Å²) in [5.41, 5.74) is 0. The van der Waals surface area contributed by atoms with E-state index < -0.39 is 0 Å². The first-order chi connectivity index (χ1) is 8.74. The molecule has 1 N–H and O–H groups in total. The van der Waals surface area contributed by atoms with Gasteiger partial charge in [0.05, 0.1) is 12.0 Å². The van der Waals surface area contributed by atoms with E-state index in [2.05, 4.69) is 17.1 Å². The first-order valence-electron chi connectivity index (χ1n) is 7.25. The third-order valence-electron chi connectivity index (χ3n) is 4.56. The highest BCUT2D eigenvalue weighted by Gasteiger charge is 2.33. The van der Waals surface area contributed by atoms with Crippen LogP contribution in [-0.4, -0.2) is 21.4 Å². The van der Waals surface area contributed by atoms with Gasteiger partial charge in [-0.25, -0.2) is 0 Å². The van der Waals surface area contributed by atoms with Crippen LogP contribution in [-0.2, 0) is 0 Å². The smallest absolute Gasteiger partial charge is 0.232 e. The summed E-state index contributed by atoms with van der Waals surface area (Å²) < 4.78 is 5.39. The van der Waals surface area contributed by atoms with Crippen molar-refractivity contribution in [2.75, 3.05) is 0 Å². The van der Waals surface area contributed by atoms with E-state index in [1.165, 1.54) is 25.7 Å². The van der Waals surface area contributed by atoms with E-state index in [0.29, 0.717) is 11.8 Å². The molecule has 0 bridgehead atoms. The molecule has 4 heteroatoms. The summed E-state index contributed by atoms with van der Waals surface area (Å²) in [6.07, 6.45) is 7.55. The molecule has 2 aliphatic carbocycles. The van der Waals surface area contributed by atoms with E-state index in [4.69, 9.17) is 4.52 Å². The van der Waals surface area contributed by atoms with Gasteiger partial charge in [0.15, 0.2) is 5.82 Å². The quantitative estimate of drug-likeness (QED) is 0.876. The molecule has 100 valence electrons. The van der Waals surface area contributed by atoms with Crippen molar-refractivity contribution in [3.63, 3.8) is 0 Å². The van der Waals surface area contributed by atoms with Crippen LogP contribution in [0.15, 0.2) is 4.52 Å². The van der Waals surface area contributed by atoms with Gasteiger partial charge in [0.2, 0.25) is 5.89 Å². The molecule has 1 aromatic heterocycles. The molecule has 2 aliphatic rings. The number of hydrogen-bond acceptors (Lipinski definition) is 4. The molecule has 3 rings (SSSR count). The molecule has 2 saturated carbocycles. The van der Waals surface area contributed by atoms with Gasteiger partial charge in [-0.1, -0.05) is 24.9 Å². The van der Waals surface area contributed by atoms with Crippen molar-refractivity contribution in [1.82, 2.24) is 10.1 Å². The fraction of sp³-hybridized carbons (Fsp3) is 0.857.